The van der Waals surface area contributed by atoms with Crippen molar-refractivity contribution in [1.82, 2.24) is 10.3 Å². The van der Waals surface area contributed by atoms with Crippen LogP contribution in [0.3, 0.4) is 0 Å². The van der Waals surface area contributed by atoms with Crippen LogP contribution in [-0.2, 0) is 0 Å². The SMILES string of the molecule is O=C(NCC(F)(F)F)Nc1ccc(I)cn1. The van der Waals surface area contributed by atoms with Gasteiger partial charge < -0.3 is 5.32 Å². The first-order valence-electron chi connectivity index (χ1n) is 4.10. The number of hydrogen-bond acceptors (Lipinski definition) is 2. The van der Waals surface area contributed by atoms with Crippen LogP contribution in [0.2, 0.25) is 0 Å². The Morgan fingerprint density at radius 1 is 1.44 bits per heavy atom. The number of nitrogens with one attached hydrogen (secondary N) is 2. The van der Waals surface area contributed by atoms with E-state index in [1.807, 2.05) is 22.6 Å². The molecule has 2 amide bonds. The molecule has 0 aromatic carbocycles. The first-order valence-corrected chi connectivity index (χ1v) is 5.18. The molecule has 1 heterocycles. The molecule has 1 aromatic heterocycles. The molecule has 0 bridgehead atoms. The van der Waals surface area contributed by atoms with Crippen LogP contribution in [0.15, 0.2) is 18.3 Å². The van der Waals surface area contributed by atoms with Crippen molar-refractivity contribution in [3.8, 4) is 0 Å². The Morgan fingerprint density at radius 2 is 2.12 bits per heavy atom. The second-order valence-electron chi connectivity index (χ2n) is 2.78. The lowest BCUT2D eigenvalue weighted by Crippen LogP contribution is -2.36. The summed E-state index contributed by atoms with van der Waals surface area (Å²) >= 11 is 2.02. The van der Waals surface area contributed by atoms with E-state index in [2.05, 4.69) is 10.3 Å². The highest BCUT2D eigenvalue weighted by Crippen LogP contribution is 2.12. The zero-order valence-corrected chi connectivity index (χ0v) is 9.96. The molecule has 0 aliphatic carbocycles. The third-order valence-electron chi connectivity index (χ3n) is 1.42. The largest absolute Gasteiger partial charge is 0.405 e. The number of hydrogen-bond donors (Lipinski definition) is 2. The van der Waals surface area contributed by atoms with E-state index in [0.717, 1.165) is 3.57 Å². The van der Waals surface area contributed by atoms with E-state index in [4.69, 9.17) is 0 Å². The van der Waals surface area contributed by atoms with Crippen LogP contribution in [-0.4, -0.2) is 23.7 Å². The number of pyridine rings is 1. The summed E-state index contributed by atoms with van der Waals surface area (Å²) < 4.78 is 36.1. The summed E-state index contributed by atoms with van der Waals surface area (Å²) in [7, 11) is 0. The van der Waals surface area contributed by atoms with Gasteiger partial charge >= 0.3 is 12.2 Å². The zero-order chi connectivity index (χ0) is 12.2. The van der Waals surface area contributed by atoms with Crippen molar-refractivity contribution in [2.45, 2.75) is 6.18 Å². The summed E-state index contributed by atoms with van der Waals surface area (Å²) in [6.07, 6.45) is -2.93. The topological polar surface area (TPSA) is 54.0 Å². The molecule has 8 heteroatoms. The Labute approximate surface area is 103 Å². The highest BCUT2D eigenvalue weighted by molar-refractivity contribution is 14.1. The Kier molecular flexibility index (Phi) is 4.33. The minimum atomic E-state index is -4.42. The van der Waals surface area contributed by atoms with E-state index in [1.54, 1.807) is 11.4 Å². The molecule has 0 unspecified atom stereocenters. The third kappa shape index (κ3) is 5.14. The fraction of sp³-hybridized carbons (Fsp3) is 0.250. The summed E-state index contributed by atoms with van der Waals surface area (Å²) in [6, 6.07) is 2.23. The lowest BCUT2D eigenvalue weighted by atomic mass is 10.5. The highest BCUT2D eigenvalue weighted by Gasteiger charge is 2.27. The number of urea groups is 1. The molecule has 2 N–H and O–H groups in total. The quantitative estimate of drug-likeness (QED) is 0.809. The predicted molar refractivity (Wildman–Crippen MR) is 60.0 cm³/mol. The van der Waals surface area contributed by atoms with Gasteiger partial charge in [-0.3, -0.25) is 5.32 Å². The van der Waals surface area contributed by atoms with Crippen molar-refractivity contribution in [1.29, 1.82) is 0 Å². The van der Waals surface area contributed by atoms with Crippen molar-refractivity contribution >= 4 is 34.4 Å². The monoisotopic (exact) mass is 345 g/mol. The Morgan fingerprint density at radius 3 is 2.62 bits per heavy atom. The van der Waals surface area contributed by atoms with Crippen LogP contribution in [0.1, 0.15) is 0 Å². The molecule has 16 heavy (non-hydrogen) atoms. The molecule has 0 aliphatic heterocycles. The highest BCUT2D eigenvalue weighted by atomic mass is 127. The molecule has 0 radical (unpaired) electrons. The summed E-state index contributed by atoms with van der Waals surface area (Å²) in [6.45, 7) is -1.37. The van der Waals surface area contributed by atoms with Crippen LogP contribution >= 0.6 is 22.6 Å². The van der Waals surface area contributed by atoms with Crippen molar-refractivity contribution in [2.24, 2.45) is 0 Å². The minimum Gasteiger partial charge on any atom is -0.329 e. The van der Waals surface area contributed by atoms with E-state index >= 15 is 0 Å². The maximum Gasteiger partial charge on any atom is 0.405 e. The molecule has 1 aromatic rings. The normalized spacial score (nSPS) is 11.0. The van der Waals surface area contributed by atoms with Gasteiger partial charge in [0.05, 0.1) is 0 Å². The number of nitrogens with zero attached hydrogens (tertiary/aromatic N) is 1. The van der Waals surface area contributed by atoms with E-state index in [9.17, 15) is 18.0 Å². The second kappa shape index (κ2) is 5.32. The van der Waals surface area contributed by atoms with Gasteiger partial charge in [-0.15, -0.1) is 0 Å². The van der Waals surface area contributed by atoms with Gasteiger partial charge in [0.1, 0.15) is 12.4 Å². The summed E-state index contributed by atoms with van der Waals surface area (Å²) in [5.41, 5.74) is 0. The predicted octanol–water partition coefficient (Wildman–Crippen LogP) is 2.37. The molecular weight excluding hydrogens is 338 g/mol. The number of carbonyl (C=O) groups is 1. The zero-order valence-electron chi connectivity index (χ0n) is 7.81. The fourth-order valence-electron chi connectivity index (χ4n) is 0.791. The number of halogens is 4. The Hall–Kier alpha value is -1.06. The van der Waals surface area contributed by atoms with Crippen molar-refractivity contribution in [2.75, 3.05) is 11.9 Å². The Balaban J connectivity index is 2.43. The average Bonchev–Trinajstić information content (AvgIpc) is 2.18. The second-order valence-corrected chi connectivity index (χ2v) is 4.03. The van der Waals surface area contributed by atoms with E-state index in [-0.39, 0.29) is 5.82 Å². The first-order chi connectivity index (χ1) is 7.37. The summed E-state index contributed by atoms with van der Waals surface area (Å²) in [5.74, 6) is 0.195. The maximum absolute atomic E-state index is 11.7. The number of anilines is 1. The van der Waals surface area contributed by atoms with Gasteiger partial charge in [-0.1, -0.05) is 0 Å². The molecular formula is C8H7F3IN3O. The number of aromatic nitrogens is 1. The first kappa shape index (κ1) is 13.0. The molecule has 0 saturated heterocycles. The molecule has 0 aliphatic rings. The van der Waals surface area contributed by atoms with E-state index in [1.165, 1.54) is 12.3 Å². The maximum atomic E-state index is 11.7. The van der Waals surface area contributed by atoms with E-state index in [0.29, 0.717) is 0 Å². The van der Waals surface area contributed by atoms with Crippen LogP contribution in [0.4, 0.5) is 23.8 Å². The van der Waals surface area contributed by atoms with Crippen molar-refractivity contribution in [3.05, 3.63) is 21.9 Å². The standard InChI is InChI=1S/C8H7F3IN3O/c9-8(10,11)4-14-7(16)15-6-2-1-5(12)3-13-6/h1-3H,4H2,(H2,13,14,15,16). The van der Waals surface area contributed by atoms with Crippen molar-refractivity contribution in [3.63, 3.8) is 0 Å². The molecule has 4 nitrogen and oxygen atoms in total. The van der Waals surface area contributed by atoms with Gasteiger partial charge in [0.25, 0.3) is 0 Å². The van der Waals surface area contributed by atoms with Gasteiger partial charge in [-0.25, -0.2) is 9.78 Å². The van der Waals surface area contributed by atoms with Gasteiger partial charge in [0.2, 0.25) is 0 Å². The van der Waals surface area contributed by atoms with Crippen LogP contribution in [0.25, 0.3) is 0 Å². The molecule has 0 atom stereocenters. The van der Waals surface area contributed by atoms with Crippen LogP contribution in [0, 0.1) is 3.57 Å². The molecule has 0 spiro atoms. The summed E-state index contributed by atoms with van der Waals surface area (Å²) in [5, 5.41) is 3.85. The van der Waals surface area contributed by atoms with Crippen LogP contribution in [0.5, 0.6) is 0 Å². The van der Waals surface area contributed by atoms with Gasteiger partial charge in [-0.05, 0) is 34.7 Å². The molecule has 0 fully saturated rings. The summed E-state index contributed by atoms with van der Waals surface area (Å²) in [4.78, 5) is 14.8. The van der Waals surface area contributed by atoms with Crippen molar-refractivity contribution < 1.29 is 18.0 Å². The molecule has 0 saturated carbocycles. The third-order valence-corrected chi connectivity index (χ3v) is 2.06. The minimum absolute atomic E-state index is 0.195. The lowest BCUT2D eigenvalue weighted by molar-refractivity contribution is -0.122. The fourth-order valence-corrected chi connectivity index (χ4v) is 1.11. The van der Waals surface area contributed by atoms with Gasteiger partial charge in [-0.2, -0.15) is 13.2 Å². The average molecular weight is 345 g/mol. The number of amides is 2. The van der Waals surface area contributed by atoms with Gasteiger partial charge in [0.15, 0.2) is 0 Å². The van der Waals surface area contributed by atoms with Gasteiger partial charge in [0, 0.05) is 9.77 Å². The Bertz CT molecular complexity index is 366. The van der Waals surface area contributed by atoms with Crippen LogP contribution < -0.4 is 10.6 Å². The molecule has 1 rings (SSSR count). The smallest absolute Gasteiger partial charge is 0.329 e. The molecule has 88 valence electrons. The number of carbonyl (C=O) groups excluding carboxylic acids is 1. The van der Waals surface area contributed by atoms with E-state index < -0.39 is 18.8 Å². The number of alkyl halides is 3. The lowest BCUT2D eigenvalue weighted by Gasteiger charge is -2.09. The number of rotatable bonds is 2.